The lowest BCUT2D eigenvalue weighted by molar-refractivity contribution is 0.581. The van der Waals surface area contributed by atoms with Crippen molar-refractivity contribution in [2.45, 2.75) is 6.54 Å². The number of benzene rings is 1. The van der Waals surface area contributed by atoms with Crippen LogP contribution in [0.2, 0.25) is 0 Å². The summed E-state index contributed by atoms with van der Waals surface area (Å²) >= 11 is 0. The molecular weight excluding hydrogens is 297 g/mol. The topological polar surface area (TPSA) is 102 Å². The molecule has 0 atom stereocenters. The monoisotopic (exact) mass is 311 g/mol. The molecule has 0 amide bonds. The Balaban J connectivity index is 1.72. The summed E-state index contributed by atoms with van der Waals surface area (Å²) in [4.78, 5) is 15.8. The minimum absolute atomic E-state index is 0.0850. The van der Waals surface area contributed by atoms with Gasteiger partial charge >= 0.3 is 0 Å². The molecule has 0 bridgehead atoms. The van der Waals surface area contributed by atoms with Gasteiger partial charge in [0, 0.05) is 18.4 Å². The van der Waals surface area contributed by atoms with E-state index < -0.39 is 5.95 Å². The van der Waals surface area contributed by atoms with Crippen LogP contribution < -0.4 is 16.4 Å². The quantitative estimate of drug-likeness (QED) is 0.622. The van der Waals surface area contributed by atoms with Crippen molar-refractivity contribution in [3.63, 3.8) is 0 Å². The van der Waals surface area contributed by atoms with E-state index in [1.807, 2.05) is 30.3 Å². The summed E-state index contributed by atoms with van der Waals surface area (Å²) in [7, 11) is 0. The maximum atomic E-state index is 13.1. The predicted molar refractivity (Wildman–Crippen MR) is 85.5 cm³/mol. The van der Waals surface area contributed by atoms with E-state index in [2.05, 4.69) is 30.6 Å². The first-order chi connectivity index (χ1) is 11.2. The molecule has 0 unspecified atom stereocenters. The first-order valence-electron chi connectivity index (χ1n) is 6.87. The van der Waals surface area contributed by atoms with E-state index in [0.29, 0.717) is 24.0 Å². The molecule has 7 nitrogen and oxygen atoms in total. The molecule has 0 radical (unpaired) electrons. The van der Waals surface area contributed by atoms with Crippen molar-refractivity contribution in [2.75, 3.05) is 16.4 Å². The summed E-state index contributed by atoms with van der Waals surface area (Å²) in [5.41, 5.74) is 7.24. The zero-order valence-corrected chi connectivity index (χ0v) is 12.1. The fraction of sp³-hybridized carbons (Fsp3) is 0.0667. The fourth-order valence-corrected chi connectivity index (χ4v) is 1.91. The Kier molecular flexibility index (Phi) is 4.23. The van der Waals surface area contributed by atoms with Crippen molar-refractivity contribution in [2.24, 2.45) is 0 Å². The second kappa shape index (κ2) is 6.65. The minimum Gasteiger partial charge on any atom is -0.368 e. The van der Waals surface area contributed by atoms with Crippen molar-refractivity contribution < 1.29 is 4.39 Å². The Hall–Kier alpha value is -3.29. The smallest absolute Gasteiger partial charge is 0.233 e. The van der Waals surface area contributed by atoms with Crippen LogP contribution >= 0.6 is 0 Å². The standard InChI is InChI=1S/C15H14FN7/c16-12-8-10(6-7-18-12)9-19-14-21-13(17)22-15(23-14)20-11-4-2-1-3-5-11/h1-8H,9H2,(H4,17,19,20,21,22,23). The van der Waals surface area contributed by atoms with E-state index in [1.165, 1.54) is 12.3 Å². The van der Waals surface area contributed by atoms with Crippen LogP contribution in [0.1, 0.15) is 5.56 Å². The zero-order chi connectivity index (χ0) is 16.1. The van der Waals surface area contributed by atoms with Gasteiger partial charge in [0.05, 0.1) is 0 Å². The average Bonchev–Trinajstić information content (AvgIpc) is 2.53. The van der Waals surface area contributed by atoms with Gasteiger partial charge in [-0.25, -0.2) is 4.98 Å². The minimum atomic E-state index is -0.536. The third-order valence-corrected chi connectivity index (χ3v) is 2.92. The lowest BCUT2D eigenvalue weighted by Gasteiger charge is -2.08. The van der Waals surface area contributed by atoms with Gasteiger partial charge in [-0.1, -0.05) is 18.2 Å². The number of aromatic nitrogens is 4. The van der Waals surface area contributed by atoms with Gasteiger partial charge < -0.3 is 16.4 Å². The second-order valence-electron chi connectivity index (χ2n) is 4.67. The van der Waals surface area contributed by atoms with Crippen LogP contribution in [-0.2, 0) is 6.54 Å². The summed E-state index contributed by atoms with van der Waals surface area (Å²) < 4.78 is 13.1. The summed E-state index contributed by atoms with van der Waals surface area (Å²) in [6.07, 6.45) is 1.40. The number of nitrogens with one attached hydrogen (secondary N) is 2. The molecule has 0 spiro atoms. The molecule has 4 N–H and O–H groups in total. The van der Waals surface area contributed by atoms with Crippen molar-refractivity contribution >= 4 is 23.5 Å². The van der Waals surface area contributed by atoms with Crippen molar-refractivity contribution in [1.29, 1.82) is 0 Å². The Morgan fingerprint density at radius 1 is 1.00 bits per heavy atom. The van der Waals surface area contributed by atoms with Crippen molar-refractivity contribution in [1.82, 2.24) is 19.9 Å². The largest absolute Gasteiger partial charge is 0.368 e. The Labute approximate surface area is 131 Å². The molecular formula is C15H14FN7. The number of nitrogens with zero attached hydrogens (tertiary/aromatic N) is 4. The van der Waals surface area contributed by atoms with Crippen LogP contribution in [0.15, 0.2) is 48.7 Å². The molecule has 1 aromatic carbocycles. The van der Waals surface area contributed by atoms with Gasteiger partial charge in [0.25, 0.3) is 0 Å². The van der Waals surface area contributed by atoms with Gasteiger partial charge in [-0.15, -0.1) is 0 Å². The van der Waals surface area contributed by atoms with E-state index >= 15 is 0 Å². The maximum absolute atomic E-state index is 13.1. The van der Waals surface area contributed by atoms with Gasteiger partial charge in [0.15, 0.2) is 0 Å². The van der Waals surface area contributed by atoms with E-state index in [-0.39, 0.29) is 5.95 Å². The molecule has 0 saturated carbocycles. The Morgan fingerprint density at radius 2 is 1.78 bits per heavy atom. The molecule has 0 aliphatic rings. The molecule has 3 aromatic rings. The Morgan fingerprint density at radius 3 is 2.57 bits per heavy atom. The van der Waals surface area contributed by atoms with E-state index in [0.717, 1.165) is 5.69 Å². The lowest BCUT2D eigenvalue weighted by atomic mass is 10.3. The lowest BCUT2D eigenvalue weighted by Crippen LogP contribution is -2.09. The first kappa shape index (κ1) is 14.6. The normalized spacial score (nSPS) is 10.3. The van der Waals surface area contributed by atoms with Gasteiger partial charge in [-0.2, -0.15) is 19.3 Å². The van der Waals surface area contributed by atoms with Crippen LogP contribution in [0.25, 0.3) is 0 Å². The molecule has 23 heavy (non-hydrogen) atoms. The highest BCUT2D eigenvalue weighted by Gasteiger charge is 2.05. The van der Waals surface area contributed by atoms with Gasteiger partial charge in [-0.05, 0) is 29.8 Å². The number of anilines is 4. The average molecular weight is 311 g/mol. The molecule has 0 aliphatic carbocycles. The number of nitrogen functional groups attached to an aromatic ring is 1. The maximum Gasteiger partial charge on any atom is 0.233 e. The van der Waals surface area contributed by atoms with Crippen LogP contribution in [0, 0.1) is 5.95 Å². The summed E-state index contributed by atoms with van der Waals surface area (Å²) in [5.74, 6) is 0.174. The van der Waals surface area contributed by atoms with E-state index in [1.54, 1.807) is 6.07 Å². The van der Waals surface area contributed by atoms with E-state index in [9.17, 15) is 4.39 Å². The molecule has 0 saturated heterocycles. The molecule has 3 rings (SSSR count). The molecule has 0 fully saturated rings. The first-order valence-corrected chi connectivity index (χ1v) is 6.87. The highest BCUT2D eigenvalue weighted by Crippen LogP contribution is 2.14. The number of halogens is 1. The number of rotatable bonds is 5. The summed E-state index contributed by atoms with van der Waals surface area (Å²) in [6, 6.07) is 12.5. The number of hydrogen-bond acceptors (Lipinski definition) is 7. The van der Waals surface area contributed by atoms with Gasteiger partial charge in [0.2, 0.25) is 23.8 Å². The second-order valence-corrected chi connectivity index (χ2v) is 4.67. The number of nitrogens with two attached hydrogens (primary N) is 1. The third-order valence-electron chi connectivity index (χ3n) is 2.92. The number of pyridine rings is 1. The molecule has 8 heteroatoms. The Bertz CT molecular complexity index is 795. The third kappa shape index (κ3) is 4.10. The summed E-state index contributed by atoms with van der Waals surface area (Å²) in [5, 5.41) is 6.02. The van der Waals surface area contributed by atoms with Gasteiger partial charge in [0.1, 0.15) is 0 Å². The van der Waals surface area contributed by atoms with Gasteiger partial charge in [-0.3, -0.25) is 0 Å². The number of hydrogen-bond donors (Lipinski definition) is 3. The SMILES string of the molecule is Nc1nc(NCc2ccnc(F)c2)nc(Nc2ccccc2)n1. The van der Waals surface area contributed by atoms with E-state index in [4.69, 9.17) is 5.73 Å². The van der Waals surface area contributed by atoms with Crippen LogP contribution in [-0.4, -0.2) is 19.9 Å². The van der Waals surface area contributed by atoms with Crippen molar-refractivity contribution in [3.05, 3.63) is 60.2 Å². The van der Waals surface area contributed by atoms with Crippen LogP contribution in [0.4, 0.5) is 27.9 Å². The predicted octanol–water partition coefficient (Wildman–Crippen LogP) is 2.34. The van der Waals surface area contributed by atoms with Crippen LogP contribution in [0.5, 0.6) is 0 Å². The van der Waals surface area contributed by atoms with Crippen molar-refractivity contribution in [3.8, 4) is 0 Å². The summed E-state index contributed by atoms with van der Waals surface area (Å²) in [6.45, 7) is 0.341. The molecule has 2 aromatic heterocycles. The highest BCUT2D eigenvalue weighted by molar-refractivity contribution is 5.54. The fourth-order valence-electron chi connectivity index (χ4n) is 1.91. The highest BCUT2D eigenvalue weighted by atomic mass is 19.1. The zero-order valence-electron chi connectivity index (χ0n) is 12.1. The number of para-hydroxylation sites is 1. The molecule has 0 aliphatic heterocycles. The molecule has 2 heterocycles. The molecule has 116 valence electrons. The van der Waals surface area contributed by atoms with Crippen LogP contribution in [0.3, 0.4) is 0 Å².